The van der Waals surface area contributed by atoms with Gasteiger partial charge in [0.1, 0.15) is 0 Å². The van der Waals surface area contributed by atoms with Gasteiger partial charge in [0.05, 0.1) is 23.3 Å². The first-order chi connectivity index (χ1) is 16.2. The molecule has 0 atom stereocenters. The van der Waals surface area contributed by atoms with E-state index in [4.69, 9.17) is 0 Å². The number of anilines is 1. The molecule has 5 heteroatoms. The lowest BCUT2D eigenvalue weighted by Crippen LogP contribution is -2.13. The number of nitrogens with zero attached hydrogens (tertiary/aromatic N) is 3. The molecule has 0 saturated heterocycles. The highest BCUT2D eigenvalue weighted by molar-refractivity contribution is 6.03. The quantitative estimate of drug-likeness (QED) is 0.363. The minimum atomic E-state index is -0.281. The standard InChI is InChI=1S/C28H22N4O/c1-20-7-5-11-25(17-20)32-27(18-26(31-32)28(33)30-24-10-6-16-29-19-24)23-14-12-22(13-15-23)21-8-3-2-4-9-21/h2-19H,1H3,(H,30,33). The monoisotopic (exact) mass is 430 g/mol. The second-order valence-corrected chi connectivity index (χ2v) is 7.80. The number of rotatable bonds is 5. The Morgan fingerprint density at radius 1 is 0.788 bits per heavy atom. The number of aryl methyl sites for hydroxylation is 1. The van der Waals surface area contributed by atoms with E-state index in [1.54, 1.807) is 24.5 Å². The summed E-state index contributed by atoms with van der Waals surface area (Å²) in [6, 6.07) is 32.0. The van der Waals surface area contributed by atoms with E-state index in [1.165, 1.54) is 0 Å². The molecule has 3 aromatic carbocycles. The van der Waals surface area contributed by atoms with Crippen molar-refractivity contribution in [2.24, 2.45) is 0 Å². The number of pyridine rings is 1. The third-order valence-electron chi connectivity index (χ3n) is 5.40. The molecule has 0 aliphatic heterocycles. The topological polar surface area (TPSA) is 59.8 Å². The lowest BCUT2D eigenvalue weighted by atomic mass is 10.0. The van der Waals surface area contributed by atoms with Crippen LogP contribution in [0.4, 0.5) is 5.69 Å². The Bertz CT molecular complexity index is 1390. The first-order valence-corrected chi connectivity index (χ1v) is 10.7. The van der Waals surface area contributed by atoms with Gasteiger partial charge in [0.25, 0.3) is 5.91 Å². The maximum absolute atomic E-state index is 12.9. The summed E-state index contributed by atoms with van der Waals surface area (Å²) in [6.45, 7) is 2.04. The van der Waals surface area contributed by atoms with Crippen LogP contribution < -0.4 is 5.32 Å². The largest absolute Gasteiger partial charge is 0.319 e. The summed E-state index contributed by atoms with van der Waals surface area (Å²) in [5, 5.41) is 7.53. The summed E-state index contributed by atoms with van der Waals surface area (Å²) in [7, 11) is 0. The van der Waals surface area contributed by atoms with E-state index in [1.807, 2.05) is 54.1 Å². The van der Waals surface area contributed by atoms with Crippen molar-refractivity contribution < 1.29 is 4.79 Å². The van der Waals surface area contributed by atoms with E-state index in [0.29, 0.717) is 11.4 Å². The molecule has 5 nitrogen and oxygen atoms in total. The Labute approximate surface area is 192 Å². The van der Waals surface area contributed by atoms with Crippen molar-refractivity contribution in [3.8, 4) is 28.1 Å². The highest BCUT2D eigenvalue weighted by Gasteiger charge is 2.17. The van der Waals surface area contributed by atoms with Gasteiger partial charge in [-0.15, -0.1) is 0 Å². The summed E-state index contributed by atoms with van der Waals surface area (Å²) >= 11 is 0. The normalized spacial score (nSPS) is 10.7. The van der Waals surface area contributed by atoms with Gasteiger partial charge in [0, 0.05) is 11.8 Å². The van der Waals surface area contributed by atoms with Crippen LogP contribution in [0.3, 0.4) is 0 Å². The summed E-state index contributed by atoms with van der Waals surface area (Å²) in [4.78, 5) is 17.0. The van der Waals surface area contributed by atoms with Crippen molar-refractivity contribution in [1.82, 2.24) is 14.8 Å². The zero-order valence-corrected chi connectivity index (χ0v) is 18.1. The number of benzene rings is 3. The number of carbonyl (C=O) groups is 1. The molecule has 160 valence electrons. The fourth-order valence-corrected chi connectivity index (χ4v) is 3.75. The summed E-state index contributed by atoms with van der Waals surface area (Å²) < 4.78 is 1.82. The molecule has 0 fully saturated rings. The van der Waals surface area contributed by atoms with Crippen LogP contribution in [-0.4, -0.2) is 20.7 Å². The molecular formula is C28H22N4O. The molecule has 2 heterocycles. The van der Waals surface area contributed by atoms with Crippen molar-refractivity contribution in [3.05, 3.63) is 121 Å². The summed E-state index contributed by atoms with van der Waals surface area (Å²) in [6.07, 6.45) is 3.28. The summed E-state index contributed by atoms with van der Waals surface area (Å²) in [5.74, 6) is -0.281. The number of aromatic nitrogens is 3. The van der Waals surface area contributed by atoms with Gasteiger partial charge in [-0.2, -0.15) is 5.10 Å². The van der Waals surface area contributed by atoms with E-state index >= 15 is 0 Å². The fraction of sp³-hybridized carbons (Fsp3) is 0.0357. The molecule has 0 unspecified atom stereocenters. The SMILES string of the molecule is Cc1cccc(-n2nc(C(=O)Nc3cccnc3)cc2-c2ccc(-c3ccccc3)cc2)c1. The Morgan fingerprint density at radius 3 is 2.27 bits per heavy atom. The lowest BCUT2D eigenvalue weighted by molar-refractivity contribution is 0.102. The van der Waals surface area contributed by atoms with Crippen LogP contribution in [0.15, 0.2) is 109 Å². The smallest absolute Gasteiger partial charge is 0.276 e. The van der Waals surface area contributed by atoms with Crippen LogP contribution in [0, 0.1) is 6.92 Å². The van der Waals surface area contributed by atoms with Gasteiger partial charge in [-0.1, -0.05) is 66.7 Å². The number of nitrogens with one attached hydrogen (secondary N) is 1. The van der Waals surface area contributed by atoms with E-state index in [9.17, 15) is 4.79 Å². The molecule has 0 saturated carbocycles. The average molecular weight is 431 g/mol. The third-order valence-corrected chi connectivity index (χ3v) is 5.40. The molecule has 0 aliphatic carbocycles. The first kappa shape index (κ1) is 20.4. The van der Waals surface area contributed by atoms with E-state index < -0.39 is 0 Å². The number of hydrogen-bond donors (Lipinski definition) is 1. The van der Waals surface area contributed by atoms with Crippen LogP contribution in [0.1, 0.15) is 16.1 Å². The fourth-order valence-electron chi connectivity index (χ4n) is 3.75. The van der Waals surface area contributed by atoms with E-state index in [2.05, 4.69) is 57.9 Å². The average Bonchev–Trinajstić information content (AvgIpc) is 3.31. The molecule has 0 spiro atoms. The van der Waals surface area contributed by atoms with Crippen molar-refractivity contribution in [1.29, 1.82) is 0 Å². The Balaban J connectivity index is 1.54. The Kier molecular flexibility index (Phi) is 5.52. The van der Waals surface area contributed by atoms with Crippen molar-refractivity contribution >= 4 is 11.6 Å². The molecule has 5 rings (SSSR count). The van der Waals surface area contributed by atoms with E-state index in [-0.39, 0.29) is 5.91 Å². The minimum absolute atomic E-state index is 0.281. The molecule has 1 amide bonds. The van der Waals surface area contributed by atoms with Crippen LogP contribution in [0.2, 0.25) is 0 Å². The second kappa shape index (κ2) is 8.93. The van der Waals surface area contributed by atoms with Gasteiger partial charge in [-0.3, -0.25) is 9.78 Å². The molecule has 0 radical (unpaired) electrons. The van der Waals surface area contributed by atoms with Gasteiger partial charge in [0.15, 0.2) is 5.69 Å². The van der Waals surface area contributed by atoms with Crippen LogP contribution in [0.5, 0.6) is 0 Å². The Morgan fingerprint density at radius 2 is 1.55 bits per heavy atom. The third kappa shape index (κ3) is 4.43. The molecular weight excluding hydrogens is 408 g/mol. The van der Waals surface area contributed by atoms with Crippen LogP contribution in [-0.2, 0) is 0 Å². The summed E-state index contributed by atoms with van der Waals surface area (Å²) in [5.41, 5.74) is 7.10. The second-order valence-electron chi connectivity index (χ2n) is 7.80. The predicted octanol–water partition coefficient (Wildman–Crippen LogP) is 6.16. The highest BCUT2D eigenvalue weighted by atomic mass is 16.2. The molecule has 5 aromatic rings. The van der Waals surface area contributed by atoms with Crippen LogP contribution in [0.25, 0.3) is 28.1 Å². The number of amides is 1. The van der Waals surface area contributed by atoms with Gasteiger partial charge in [-0.25, -0.2) is 4.68 Å². The Hall–Kier alpha value is -4.51. The van der Waals surface area contributed by atoms with Gasteiger partial charge in [-0.05, 0) is 53.9 Å². The molecule has 2 aromatic heterocycles. The van der Waals surface area contributed by atoms with Crippen molar-refractivity contribution in [2.45, 2.75) is 6.92 Å². The van der Waals surface area contributed by atoms with Crippen molar-refractivity contribution in [3.63, 3.8) is 0 Å². The maximum atomic E-state index is 12.9. The van der Waals surface area contributed by atoms with Gasteiger partial charge >= 0.3 is 0 Å². The van der Waals surface area contributed by atoms with Gasteiger partial charge < -0.3 is 5.32 Å². The predicted molar refractivity (Wildman–Crippen MR) is 131 cm³/mol. The van der Waals surface area contributed by atoms with Crippen molar-refractivity contribution in [2.75, 3.05) is 5.32 Å². The lowest BCUT2D eigenvalue weighted by Gasteiger charge is -2.09. The molecule has 33 heavy (non-hydrogen) atoms. The molecule has 0 aliphatic rings. The highest BCUT2D eigenvalue weighted by Crippen LogP contribution is 2.28. The molecule has 1 N–H and O–H groups in total. The zero-order valence-electron chi connectivity index (χ0n) is 18.1. The van der Waals surface area contributed by atoms with Gasteiger partial charge in [0.2, 0.25) is 0 Å². The van der Waals surface area contributed by atoms with E-state index in [0.717, 1.165) is 33.6 Å². The number of carbonyl (C=O) groups excluding carboxylic acids is 1. The minimum Gasteiger partial charge on any atom is -0.319 e. The number of hydrogen-bond acceptors (Lipinski definition) is 3. The van der Waals surface area contributed by atoms with Crippen LogP contribution >= 0.6 is 0 Å². The maximum Gasteiger partial charge on any atom is 0.276 e. The molecule has 0 bridgehead atoms. The zero-order chi connectivity index (χ0) is 22.6. The first-order valence-electron chi connectivity index (χ1n) is 10.7.